The number of unbranched alkanes of at least 4 members (excludes halogenated alkanes) is 2. The maximum absolute atomic E-state index is 4.84. The van der Waals surface area contributed by atoms with Crippen molar-refractivity contribution in [3.8, 4) is 0 Å². The predicted molar refractivity (Wildman–Crippen MR) is 33.9 cm³/mol. The third-order valence-electron chi connectivity index (χ3n) is 0.952. The van der Waals surface area contributed by atoms with Gasteiger partial charge in [-0.1, -0.05) is 19.8 Å². The lowest BCUT2D eigenvalue weighted by Crippen LogP contribution is -1.85. The van der Waals surface area contributed by atoms with Crippen molar-refractivity contribution in [2.24, 2.45) is 0 Å². The van der Waals surface area contributed by atoms with Crippen molar-refractivity contribution in [1.82, 2.24) is 0 Å². The van der Waals surface area contributed by atoms with Crippen molar-refractivity contribution in [2.45, 2.75) is 26.2 Å². The van der Waals surface area contributed by atoms with E-state index in [2.05, 4.69) is 6.92 Å². The molecule has 0 aromatic heterocycles. The Bertz CT molecular complexity index is 27.7. The van der Waals surface area contributed by atoms with Gasteiger partial charge in [0.25, 0.3) is 0 Å². The van der Waals surface area contributed by atoms with Gasteiger partial charge in [0.1, 0.15) is 0 Å². The fourth-order valence-electron chi connectivity index (χ4n) is 0.496. The standard InChI is InChI=1S/C6H14O.FH/c1-3-4-5-6-7-2;/h3-6H2,1-2H3;1H. The van der Waals surface area contributed by atoms with Crippen molar-refractivity contribution in [2.75, 3.05) is 13.7 Å². The average molecular weight is 122 g/mol. The smallest absolute Gasteiger partial charge is 0.0462 e. The zero-order valence-corrected chi connectivity index (χ0v) is 5.64. The molecule has 1 nitrogen and oxygen atoms in total. The summed E-state index contributed by atoms with van der Waals surface area (Å²) >= 11 is 0. The first-order chi connectivity index (χ1) is 3.41. The van der Waals surface area contributed by atoms with Crippen LogP contribution in [0.25, 0.3) is 0 Å². The normalized spacial score (nSPS) is 8.25. The maximum Gasteiger partial charge on any atom is 0.0462 e. The van der Waals surface area contributed by atoms with Gasteiger partial charge < -0.3 is 4.74 Å². The summed E-state index contributed by atoms with van der Waals surface area (Å²) in [7, 11) is 1.75. The molecule has 0 rings (SSSR count). The Kier molecular flexibility index (Phi) is 13.5. The van der Waals surface area contributed by atoms with Gasteiger partial charge in [0, 0.05) is 13.7 Å². The second-order valence-electron chi connectivity index (χ2n) is 1.70. The van der Waals surface area contributed by atoms with Gasteiger partial charge in [-0.05, 0) is 6.42 Å². The molecule has 0 atom stereocenters. The Morgan fingerprint density at radius 1 is 1.25 bits per heavy atom. The molecule has 0 spiro atoms. The van der Waals surface area contributed by atoms with Gasteiger partial charge in [-0.15, -0.1) is 0 Å². The van der Waals surface area contributed by atoms with Crippen molar-refractivity contribution in [1.29, 1.82) is 0 Å². The zero-order valence-electron chi connectivity index (χ0n) is 5.64. The number of halogens is 1. The monoisotopic (exact) mass is 122 g/mol. The maximum atomic E-state index is 4.84. The molecule has 0 aromatic carbocycles. The molecule has 0 unspecified atom stereocenters. The number of hydrogen-bond donors (Lipinski definition) is 0. The second kappa shape index (κ2) is 10.00. The van der Waals surface area contributed by atoms with Crippen molar-refractivity contribution < 1.29 is 9.44 Å². The van der Waals surface area contributed by atoms with E-state index < -0.39 is 0 Å². The van der Waals surface area contributed by atoms with Crippen LogP contribution in [0, 0.1) is 0 Å². The second-order valence-corrected chi connectivity index (χ2v) is 1.70. The lowest BCUT2D eigenvalue weighted by molar-refractivity contribution is 0.192. The van der Waals surface area contributed by atoms with Crippen molar-refractivity contribution in [3.05, 3.63) is 0 Å². The van der Waals surface area contributed by atoms with E-state index >= 15 is 0 Å². The Morgan fingerprint density at radius 3 is 2.25 bits per heavy atom. The first-order valence-electron chi connectivity index (χ1n) is 2.90. The SMILES string of the molecule is CCCCCOC.F. The highest BCUT2D eigenvalue weighted by atomic mass is 19.0. The van der Waals surface area contributed by atoms with Crippen LogP contribution < -0.4 is 0 Å². The van der Waals surface area contributed by atoms with E-state index in [0.717, 1.165) is 6.61 Å². The third kappa shape index (κ3) is 9.31. The van der Waals surface area contributed by atoms with Crippen LogP contribution in [0.5, 0.6) is 0 Å². The number of hydrogen-bond acceptors (Lipinski definition) is 1. The summed E-state index contributed by atoms with van der Waals surface area (Å²) in [4.78, 5) is 0. The van der Waals surface area contributed by atoms with Gasteiger partial charge in [0.2, 0.25) is 0 Å². The van der Waals surface area contributed by atoms with Crippen LogP contribution in [0.3, 0.4) is 0 Å². The highest BCUT2D eigenvalue weighted by molar-refractivity contribution is 4.32. The summed E-state index contributed by atoms with van der Waals surface area (Å²) in [5.41, 5.74) is 0. The van der Waals surface area contributed by atoms with Crippen LogP contribution in [0.15, 0.2) is 0 Å². The third-order valence-corrected chi connectivity index (χ3v) is 0.952. The minimum Gasteiger partial charge on any atom is -0.385 e. The van der Waals surface area contributed by atoms with Crippen molar-refractivity contribution in [3.63, 3.8) is 0 Å². The lowest BCUT2D eigenvalue weighted by Gasteiger charge is -1.92. The van der Waals surface area contributed by atoms with Gasteiger partial charge in [-0.3, -0.25) is 4.70 Å². The first-order valence-corrected chi connectivity index (χ1v) is 2.90. The number of methoxy groups -OCH3 is 1. The molecule has 0 N–H and O–H groups in total. The molecule has 0 saturated heterocycles. The van der Waals surface area contributed by atoms with E-state index in [-0.39, 0.29) is 4.70 Å². The summed E-state index contributed by atoms with van der Waals surface area (Å²) in [5, 5.41) is 0. The van der Waals surface area contributed by atoms with Crippen LogP contribution in [0.2, 0.25) is 0 Å². The molecule has 0 aromatic rings. The Hall–Kier alpha value is -0.110. The highest BCUT2D eigenvalue weighted by Crippen LogP contribution is 1.91. The molecule has 0 bridgehead atoms. The molecule has 0 radical (unpaired) electrons. The van der Waals surface area contributed by atoms with Gasteiger partial charge in [0.15, 0.2) is 0 Å². The molecule has 0 amide bonds. The minimum absolute atomic E-state index is 0. The van der Waals surface area contributed by atoms with E-state index in [1.54, 1.807) is 7.11 Å². The molecule has 0 saturated carbocycles. The topological polar surface area (TPSA) is 9.23 Å². The molecule has 0 heterocycles. The predicted octanol–water partition coefficient (Wildman–Crippen LogP) is 1.98. The minimum atomic E-state index is 0. The van der Waals surface area contributed by atoms with Crippen LogP contribution in [-0.4, -0.2) is 13.7 Å². The fraction of sp³-hybridized carbons (Fsp3) is 1.00. The number of rotatable bonds is 4. The fourth-order valence-corrected chi connectivity index (χ4v) is 0.496. The van der Waals surface area contributed by atoms with Gasteiger partial charge >= 0.3 is 0 Å². The molecule has 2 heteroatoms. The van der Waals surface area contributed by atoms with Gasteiger partial charge in [-0.25, -0.2) is 0 Å². The molecule has 52 valence electrons. The summed E-state index contributed by atoms with van der Waals surface area (Å²) in [6.45, 7) is 3.11. The summed E-state index contributed by atoms with van der Waals surface area (Å²) in [6.07, 6.45) is 3.80. The first kappa shape index (κ1) is 10.8. The zero-order chi connectivity index (χ0) is 5.54. The largest absolute Gasteiger partial charge is 0.385 e. The van der Waals surface area contributed by atoms with Crippen LogP contribution >= 0.6 is 0 Å². The summed E-state index contributed by atoms with van der Waals surface area (Å²) in [6, 6.07) is 0. The average Bonchev–Trinajstić information content (AvgIpc) is 1.69. The van der Waals surface area contributed by atoms with E-state index in [9.17, 15) is 0 Å². The van der Waals surface area contributed by atoms with Gasteiger partial charge in [-0.2, -0.15) is 0 Å². The van der Waals surface area contributed by atoms with Crippen LogP contribution in [0.4, 0.5) is 4.70 Å². The van der Waals surface area contributed by atoms with Gasteiger partial charge in [0.05, 0.1) is 0 Å². The van der Waals surface area contributed by atoms with Crippen LogP contribution in [0.1, 0.15) is 26.2 Å². The molecular weight excluding hydrogens is 107 g/mol. The quantitative estimate of drug-likeness (QED) is 0.518. The Morgan fingerprint density at radius 2 is 1.88 bits per heavy atom. The van der Waals surface area contributed by atoms with Crippen molar-refractivity contribution >= 4 is 0 Å². The molecule has 0 aliphatic heterocycles. The molecule has 8 heavy (non-hydrogen) atoms. The Balaban J connectivity index is 0. The molecule has 0 fully saturated rings. The van der Waals surface area contributed by atoms with E-state index in [1.807, 2.05) is 0 Å². The Labute approximate surface area is 50.4 Å². The van der Waals surface area contributed by atoms with E-state index in [1.165, 1.54) is 19.3 Å². The number of ether oxygens (including phenoxy) is 1. The summed E-state index contributed by atoms with van der Waals surface area (Å²) < 4.78 is 4.84. The lowest BCUT2D eigenvalue weighted by atomic mass is 10.3. The van der Waals surface area contributed by atoms with E-state index in [4.69, 9.17) is 4.74 Å². The molecule has 0 aliphatic carbocycles. The van der Waals surface area contributed by atoms with E-state index in [0.29, 0.717) is 0 Å². The van der Waals surface area contributed by atoms with Crippen LogP contribution in [-0.2, 0) is 4.74 Å². The highest BCUT2D eigenvalue weighted by Gasteiger charge is 1.79. The summed E-state index contributed by atoms with van der Waals surface area (Å²) in [5.74, 6) is 0. The molecule has 0 aliphatic rings. The molecular formula is C6H15FO.